The number of benzene rings is 1. The molecule has 3 rings (SSSR count). The lowest BCUT2D eigenvalue weighted by molar-refractivity contribution is -0.757. The number of hydrogen-bond acceptors (Lipinski definition) is 8. The van der Waals surface area contributed by atoms with E-state index in [9.17, 15) is 14.9 Å². The number of piperazine rings is 1. The Morgan fingerprint density at radius 3 is 2.50 bits per heavy atom. The molecule has 1 saturated carbocycles. The van der Waals surface area contributed by atoms with Gasteiger partial charge in [0.2, 0.25) is 5.91 Å². The van der Waals surface area contributed by atoms with Gasteiger partial charge in [-0.15, -0.1) is 10.1 Å². The molecule has 1 aliphatic heterocycles. The molecule has 1 aromatic rings. The van der Waals surface area contributed by atoms with Gasteiger partial charge in [0.25, 0.3) is 5.09 Å². The molecule has 2 unspecified atom stereocenters. The van der Waals surface area contributed by atoms with E-state index in [0.29, 0.717) is 23.8 Å². The van der Waals surface area contributed by atoms with E-state index in [1.54, 1.807) is 11.8 Å². The number of nitrogens with zero attached hydrogens (tertiary/aromatic N) is 3. The third kappa shape index (κ3) is 22.3. The van der Waals surface area contributed by atoms with Crippen molar-refractivity contribution in [2.45, 2.75) is 85.5 Å². The first kappa shape index (κ1) is 41.8. The van der Waals surface area contributed by atoms with Crippen molar-refractivity contribution in [1.82, 2.24) is 15.1 Å². The van der Waals surface area contributed by atoms with Gasteiger partial charge in [0.1, 0.15) is 11.7 Å². The van der Waals surface area contributed by atoms with Gasteiger partial charge in [-0.05, 0) is 87.4 Å². The zero-order chi connectivity index (χ0) is 33.8. The lowest BCUT2D eigenvalue weighted by Crippen LogP contribution is -2.47. The maximum absolute atomic E-state index is 11.7. The molecule has 2 fully saturated rings. The van der Waals surface area contributed by atoms with Crippen LogP contribution in [0.5, 0.6) is 5.75 Å². The summed E-state index contributed by atoms with van der Waals surface area (Å²) in [4.78, 5) is 30.8. The smallest absolute Gasteiger partial charge is 0.294 e. The standard InChI is InChI=1S/C17H32N4O4.C16H21ClOS.C2H6/c1-2-3-4-5-8-17(22)18-9-6-10-19-12-14-20(15-13-19)11-7-16-25-21(23)24;1-13-4-2-5-14(10-13)8-9-19-12-18-16-7-3-6-15(17)11-16;1-2/h2-3H,4-16H2,1H3,(H,18,22);3,6-9,11,13-14H,2,4-5,10,12H2,1H3;1-2H3/b3-2-;9-8+;. The Kier molecular flexibility index (Phi) is 25.2. The summed E-state index contributed by atoms with van der Waals surface area (Å²) >= 11 is 7.60. The van der Waals surface area contributed by atoms with Crippen LogP contribution in [0.2, 0.25) is 5.02 Å². The highest BCUT2D eigenvalue weighted by Gasteiger charge is 2.17. The van der Waals surface area contributed by atoms with E-state index in [0.717, 1.165) is 82.7 Å². The highest BCUT2D eigenvalue weighted by molar-refractivity contribution is 8.02. The van der Waals surface area contributed by atoms with Crippen LogP contribution in [0, 0.1) is 22.0 Å². The fourth-order valence-electron chi connectivity index (χ4n) is 5.35. The zero-order valence-corrected chi connectivity index (χ0v) is 30.2. The summed E-state index contributed by atoms with van der Waals surface area (Å²) < 4.78 is 5.62. The van der Waals surface area contributed by atoms with E-state index >= 15 is 0 Å². The Balaban J connectivity index is 0.000000449. The molecule has 1 N–H and O–H groups in total. The van der Waals surface area contributed by atoms with Crippen LogP contribution in [0.15, 0.2) is 47.9 Å². The minimum Gasteiger partial charge on any atom is -0.483 e. The number of nitrogens with one attached hydrogen (secondary N) is 1. The molecule has 1 heterocycles. The van der Waals surface area contributed by atoms with E-state index in [-0.39, 0.29) is 12.5 Å². The van der Waals surface area contributed by atoms with Gasteiger partial charge in [0.15, 0.2) is 0 Å². The fraction of sp³-hybridized carbons (Fsp3) is 0.686. The first-order valence-corrected chi connectivity index (χ1v) is 18.5. The van der Waals surface area contributed by atoms with Crippen LogP contribution in [0.1, 0.15) is 85.5 Å². The Hall–Kier alpha value is -2.27. The maximum Gasteiger partial charge on any atom is 0.294 e. The first-order valence-electron chi connectivity index (χ1n) is 17.1. The summed E-state index contributed by atoms with van der Waals surface area (Å²) in [5.74, 6) is 3.27. The molecule has 0 aromatic heterocycles. The zero-order valence-electron chi connectivity index (χ0n) is 28.7. The maximum atomic E-state index is 11.7. The largest absolute Gasteiger partial charge is 0.483 e. The third-order valence-corrected chi connectivity index (χ3v) is 8.62. The average molecular weight is 683 g/mol. The van der Waals surface area contributed by atoms with Crippen molar-refractivity contribution >= 4 is 29.3 Å². The van der Waals surface area contributed by atoms with Crippen molar-refractivity contribution in [2.24, 2.45) is 11.8 Å². The number of ether oxygens (including phenoxy) is 1. The van der Waals surface area contributed by atoms with Gasteiger partial charge in [-0.3, -0.25) is 4.79 Å². The minimum atomic E-state index is -0.737. The number of thioether (sulfide) groups is 1. The van der Waals surface area contributed by atoms with Gasteiger partial charge in [0, 0.05) is 50.7 Å². The summed E-state index contributed by atoms with van der Waals surface area (Å²) in [6.45, 7) is 15.1. The predicted molar refractivity (Wildman–Crippen MR) is 193 cm³/mol. The van der Waals surface area contributed by atoms with Gasteiger partial charge in [-0.1, -0.05) is 81.3 Å². The Labute approximate surface area is 287 Å². The molecule has 46 heavy (non-hydrogen) atoms. The molecule has 1 aliphatic carbocycles. The molecule has 0 radical (unpaired) electrons. The Morgan fingerprint density at radius 2 is 1.85 bits per heavy atom. The lowest BCUT2D eigenvalue weighted by atomic mass is 9.83. The van der Waals surface area contributed by atoms with Crippen molar-refractivity contribution in [3.05, 3.63) is 63.0 Å². The summed E-state index contributed by atoms with van der Waals surface area (Å²) in [5.41, 5.74) is 0. The molecule has 11 heteroatoms. The molecular formula is C35H59ClN4O5S. The van der Waals surface area contributed by atoms with Crippen LogP contribution in [0.4, 0.5) is 0 Å². The van der Waals surface area contributed by atoms with Crippen molar-refractivity contribution in [2.75, 3.05) is 58.4 Å². The SMILES string of the molecule is C/C=C\CCCC(=O)NCCCN1CCN(CCCO[N+](=O)[O-])CC1.CC.CC1CCCC(/C=C/SCOc2cccc(Cl)c2)C1. The first-order chi connectivity index (χ1) is 22.4. The van der Waals surface area contributed by atoms with Gasteiger partial charge in [-0.2, -0.15) is 0 Å². The summed E-state index contributed by atoms with van der Waals surface area (Å²) in [7, 11) is 0. The van der Waals surface area contributed by atoms with Crippen LogP contribution in [-0.4, -0.2) is 79.2 Å². The summed E-state index contributed by atoms with van der Waals surface area (Å²) in [6, 6.07) is 7.53. The minimum absolute atomic E-state index is 0.145. The molecular weight excluding hydrogens is 624 g/mol. The number of amides is 1. The molecule has 0 bridgehead atoms. The van der Waals surface area contributed by atoms with Gasteiger partial charge >= 0.3 is 0 Å². The summed E-state index contributed by atoms with van der Waals surface area (Å²) in [5, 5.41) is 15.2. The van der Waals surface area contributed by atoms with Crippen molar-refractivity contribution in [3.8, 4) is 5.75 Å². The van der Waals surface area contributed by atoms with Crippen molar-refractivity contribution < 1.29 is 19.5 Å². The molecule has 1 amide bonds. The van der Waals surface area contributed by atoms with Gasteiger partial charge < -0.3 is 24.7 Å². The van der Waals surface area contributed by atoms with Gasteiger partial charge in [0.05, 0.1) is 6.61 Å². The van der Waals surface area contributed by atoms with Crippen LogP contribution < -0.4 is 10.1 Å². The number of carbonyl (C=O) groups is 1. The predicted octanol–water partition coefficient (Wildman–Crippen LogP) is 8.23. The molecule has 9 nitrogen and oxygen atoms in total. The average Bonchev–Trinajstić information content (AvgIpc) is 3.05. The van der Waals surface area contributed by atoms with E-state index < -0.39 is 5.09 Å². The molecule has 1 aromatic carbocycles. The highest BCUT2D eigenvalue weighted by atomic mass is 35.5. The van der Waals surface area contributed by atoms with Crippen LogP contribution >= 0.6 is 23.4 Å². The second-order valence-corrected chi connectivity index (χ2v) is 12.8. The van der Waals surface area contributed by atoms with E-state index in [2.05, 4.69) is 44.4 Å². The second-order valence-electron chi connectivity index (χ2n) is 11.5. The monoisotopic (exact) mass is 682 g/mol. The number of allylic oxidation sites excluding steroid dienone is 3. The van der Waals surface area contributed by atoms with Crippen LogP contribution in [-0.2, 0) is 9.63 Å². The molecule has 2 aliphatic rings. The molecule has 2 atom stereocenters. The fourth-order valence-corrected chi connectivity index (χ4v) is 6.15. The van der Waals surface area contributed by atoms with Crippen molar-refractivity contribution in [3.63, 3.8) is 0 Å². The van der Waals surface area contributed by atoms with E-state index in [1.807, 2.05) is 51.1 Å². The molecule has 1 saturated heterocycles. The van der Waals surface area contributed by atoms with E-state index in [4.69, 9.17) is 16.3 Å². The van der Waals surface area contributed by atoms with Crippen molar-refractivity contribution in [1.29, 1.82) is 0 Å². The van der Waals surface area contributed by atoms with Crippen LogP contribution in [0.3, 0.4) is 0 Å². The second kappa shape index (κ2) is 27.8. The number of unbranched alkanes of at least 4 members (excludes halogenated alkanes) is 1. The quantitative estimate of drug-likeness (QED) is 0.0544. The third-order valence-electron chi connectivity index (χ3n) is 7.78. The Morgan fingerprint density at radius 1 is 1.13 bits per heavy atom. The number of rotatable bonds is 18. The topological polar surface area (TPSA) is 97.2 Å². The highest BCUT2D eigenvalue weighted by Crippen LogP contribution is 2.30. The molecule has 0 spiro atoms. The summed E-state index contributed by atoms with van der Waals surface area (Å²) in [6.07, 6.45) is 16.0. The van der Waals surface area contributed by atoms with E-state index in [1.165, 1.54) is 25.7 Å². The number of hydrogen-bond donors (Lipinski definition) is 1. The van der Waals surface area contributed by atoms with Gasteiger partial charge in [-0.25, -0.2) is 0 Å². The normalized spacial score (nSPS) is 18.7. The lowest BCUT2D eigenvalue weighted by Gasteiger charge is -2.34. The number of halogens is 1. The Bertz CT molecular complexity index is 991. The molecule has 262 valence electrons. The number of carbonyl (C=O) groups excluding carboxylic acids is 1. The van der Waals surface area contributed by atoms with Crippen LogP contribution in [0.25, 0.3) is 0 Å².